The molecule has 1 amide bonds. The first-order chi connectivity index (χ1) is 14.2. The molecule has 2 aromatic rings. The molecule has 2 fully saturated rings. The van der Waals surface area contributed by atoms with Crippen LogP contribution in [0.5, 0.6) is 0 Å². The van der Waals surface area contributed by atoms with E-state index in [0.29, 0.717) is 29.1 Å². The molecule has 1 aromatic carbocycles. The summed E-state index contributed by atoms with van der Waals surface area (Å²) in [6.45, 7) is 4.51. The van der Waals surface area contributed by atoms with Gasteiger partial charge in [-0.3, -0.25) is 14.5 Å². The van der Waals surface area contributed by atoms with Gasteiger partial charge in [0.15, 0.2) is 0 Å². The number of ether oxygens (including phenoxy) is 1. The second-order valence-electron chi connectivity index (χ2n) is 8.50. The lowest BCUT2D eigenvalue weighted by atomic mass is 9.82. The Bertz CT molecular complexity index is 950. The quantitative estimate of drug-likeness (QED) is 0.871. The summed E-state index contributed by atoms with van der Waals surface area (Å²) in [4.78, 5) is 28.2. The van der Waals surface area contributed by atoms with Crippen LogP contribution >= 0.6 is 0 Å². The van der Waals surface area contributed by atoms with Crippen molar-refractivity contribution < 1.29 is 9.53 Å². The number of anilines is 1. The number of likely N-dealkylation sites (tertiary alicyclic amines) is 1. The molecule has 5 rings (SSSR count). The van der Waals surface area contributed by atoms with Gasteiger partial charge in [-0.05, 0) is 49.4 Å². The Balaban J connectivity index is 1.37. The summed E-state index contributed by atoms with van der Waals surface area (Å²) in [5.74, 6) is 0.628. The number of nitrogens with zero attached hydrogens (tertiary/aromatic N) is 2. The molecule has 0 spiro atoms. The van der Waals surface area contributed by atoms with E-state index in [2.05, 4.69) is 10.2 Å². The molecule has 152 valence electrons. The number of nitrogens with one attached hydrogen (secondary N) is 1. The molecular formula is C23H27N3O3. The van der Waals surface area contributed by atoms with Crippen molar-refractivity contribution in [3.8, 4) is 0 Å². The third-order valence-corrected chi connectivity index (χ3v) is 6.62. The maximum atomic E-state index is 13.1. The van der Waals surface area contributed by atoms with Gasteiger partial charge in [0.1, 0.15) is 5.69 Å². The average molecular weight is 393 g/mol. The molecule has 1 aromatic heterocycles. The summed E-state index contributed by atoms with van der Waals surface area (Å²) < 4.78 is 7.43. The van der Waals surface area contributed by atoms with Crippen molar-refractivity contribution in [1.29, 1.82) is 0 Å². The van der Waals surface area contributed by atoms with Crippen LogP contribution in [0.25, 0.3) is 0 Å². The molecule has 0 radical (unpaired) electrons. The average Bonchev–Trinajstić information content (AvgIpc) is 2.77. The third kappa shape index (κ3) is 3.63. The molecule has 3 aliphatic heterocycles. The molecule has 2 atom stereocenters. The summed E-state index contributed by atoms with van der Waals surface area (Å²) in [5, 5.41) is 2.81. The molecule has 6 nitrogen and oxygen atoms in total. The van der Waals surface area contributed by atoms with Gasteiger partial charge < -0.3 is 14.6 Å². The lowest BCUT2D eigenvalue weighted by Gasteiger charge is -2.46. The topological polar surface area (TPSA) is 63.6 Å². The van der Waals surface area contributed by atoms with Crippen LogP contribution in [0.4, 0.5) is 5.69 Å². The second-order valence-corrected chi connectivity index (χ2v) is 8.50. The van der Waals surface area contributed by atoms with Crippen molar-refractivity contribution >= 4 is 11.6 Å². The van der Waals surface area contributed by atoms with Crippen LogP contribution in [0, 0.1) is 5.92 Å². The smallest absolute Gasteiger partial charge is 0.274 e. The zero-order chi connectivity index (χ0) is 19.8. The number of rotatable bonds is 3. The van der Waals surface area contributed by atoms with Crippen LogP contribution in [0.2, 0.25) is 0 Å². The van der Waals surface area contributed by atoms with Gasteiger partial charge in [0.2, 0.25) is 0 Å². The van der Waals surface area contributed by atoms with Gasteiger partial charge >= 0.3 is 0 Å². The number of benzene rings is 1. The number of fused-ring (bicyclic) bond motifs is 4. The Morgan fingerprint density at radius 2 is 1.79 bits per heavy atom. The van der Waals surface area contributed by atoms with Crippen molar-refractivity contribution in [3.63, 3.8) is 0 Å². The summed E-state index contributed by atoms with van der Waals surface area (Å²) >= 11 is 0. The standard InChI is InChI=1S/C23H27N3O3/c27-22(17-4-2-1-3-5-17)24-20-6-7-21-18-12-16(14-26(21)23(20)28)13-25(15-18)19-8-10-29-11-9-19/h1-7,16,18-19H,8-15H2,(H,24,27)/t16-,18-/m1/s1. The Hall–Kier alpha value is -2.44. The minimum Gasteiger partial charge on any atom is -0.381 e. The van der Waals surface area contributed by atoms with Gasteiger partial charge in [-0.25, -0.2) is 0 Å². The molecule has 2 bridgehead atoms. The van der Waals surface area contributed by atoms with Crippen molar-refractivity contribution in [2.24, 2.45) is 5.92 Å². The number of carbonyl (C=O) groups excluding carboxylic acids is 1. The van der Waals surface area contributed by atoms with Gasteiger partial charge in [-0.15, -0.1) is 0 Å². The zero-order valence-electron chi connectivity index (χ0n) is 16.5. The van der Waals surface area contributed by atoms with Crippen LogP contribution in [0.1, 0.15) is 41.2 Å². The van der Waals surface area contributed by atoms with Crippen LogP contribution < -0.4 is 10.9 Å². The van der Waals surface area contributed by atoms with Gasteiger partial charge in [-0.1, -0.05) is 18.2 Å². The fraction of sp³-hybridized carbons (Fsp3) is 0.478. The van der Waals surface area contributed by atoms with E-state index >= 15 is 0 Å². The Labute approximate surface area is 170 Å². The van der Waals surface area contributed by atoms with Gasteiger partial charge in [0.25, 0.3) is 11.5 Å². The number of piperidine rings is 1. The van der Waals surface area contributed by atoms with Crippen molar-refractivity contribution in [2.45, 2.75) is 37.8 Å². The van der Waals surface area contributed by atoms with E-state index in [-0.39, 0.29) is 11.5 Å². The molecule has 0 aliphatic carbocycles. The first-order valence-corrected chi connectivity index (χ1v) is 10.6. The predicted molar refractivity (Wildman–Crippen MR) is 111 cm³/mol. The molecule has 0 saturated carbocycles. The van der Waals surface area contributed by atoms with Crippen molar-refractivity contribution in [2.75, 3.05) is 31.6 Å². The molecule has 2 saturated heterocycles. The minimum absolute atomic E-state index is 0.0824. The minimum atomic E-state index is -0.245. The number of pyridine rings is 1. The molecular weight excluding hydrogens is 366 g/mol. The molecule has 0 unspecified atom stereocenters. The predicted octanol–water partition coefficient (Wildman–Crippen LogP) is 2.70. The van der Waals surface area contributed by atoms with Gasteiger partial charge in [0, 0.05) is 56.1 Å². The highest BCUT2D eigenvalue weighted by Gasteiger charge is 2.37. The summed E-state index contributed by atoms with van der Waals surface area (Å²) in [5.41, 5.74) is 1.95. The zero-order valence-corrected chi connectivity index (χ0v) is 16.5. The van der Waals surface area contributed by atoms with E-state index in [9.17, 15) is 9.59 Å². The fourth-order valence-electron chi connectivity index (χ4n) is 5.21. The molecule has 1 N–H and O–H groups in total. The molecule has 29 heavy (non-hydrogen) atoms. The number of amides is 1. The normalized spacial score (nSPS) is 24.7. The fourth-order valence-corrected chi connectivity index (χ4v) is 5.21. The SMILES string of the molecule is O=C(Nc1ccc2n(c1=O)C[C@@H]1C[C@@H]2CN(C2CCOCC2)C1)c1ccccc1. The second kappa shape index (κ2) is 7.76. The van der Waals surface area contributed by atoms with Gasteiger partial charge in [0.05, 0.1) is 0 Å². The van der Waals surface area contributed by atoms with Crippen LogP contribution in [-0.2, 0) is 11.3 Å². The van der Waals surface area contributed by atoms with Crippen LogP contribution in [-0.4, -0.2) is 47.7 Å². The van der Waals surface area contributed by atoms with Crippen LogP contribution in [0.3, 0.4) is 0 Å². The van der Waals surface area contributed by atoms with Crippen LogP contribution in [0.15, 0.2) is 47.3 Å². The lowest BCUT2D eigenvalue weighted by molar-refractivity contribution is 0.00589. The van der Waals surface area contributed by atoms with E-state index in [0.717, 1.165) is 57.8 Å². The number of carbonyl (C=O) groups is 1. The monoisotopic (exact) mass is 393 g/mol. The Kier molecular flexibility index (Phi) is 4.97. The van der Waals surface area contributed by atoms with E-state index in [1.165, 1.54) is 0 Å². The van der Waals surface area contributed by atoms with E-state index in [4.69, 9.17) is 4.74 Å². The summed E-state index contributed by atoms with van der Waals surface area (Å²) in [7, 11) is 0. The van der Waals surface area contributed by atoms with Crippen molar-refractivity contribution in [1.82, 2.24) is 9.47 Å². The first-order valence-electron chi connectivity index (χ1n) is 10.6. The maximum absolute atomic E-state index is 13.1. The van der Waals surface area contributed by atoms with E-state index in [1.54, 1.807) is 18.2 Å². The number of hydrogen-bond donors (Lipinski definition) is 1. The van der Waals surface area contributed by atoms with E-state index < -0.39 is 0 Å². The highest BCUT2D eigenvalue weighted by atomic mass is 16.5. The Morgan fingerprint density at radius 3 is 2.59 bits per heavy atom. The Morgan fingerprint density at radius 1 is 1.00 bits per heavy atom. The first kappa shape index (κ1) is 18.6. The van der Waals surface area contributed by atoms with Gasteiger partial charge in [-0.2, -0.15) is 0 Å². The molecule has 6 heteroatoms. The lowest BCUT2D eigenvalue weighted by Crippen LogP contribution is -2.51. The highest BCUT2D eigenvalue weighted by molar-refractivity contribution is 6.04. The largest absolute Gasteiger partial charge is 0.381 e. The van der Waals surface area contributed by atoms with Crippen molar-refractivity contribution in [3.05, 3.63) is 64.1 Å². The third-order valence-electron chi connectivity index (χ3n) is 6.62. The molecule has 3 aliphatic rings. The number of hydrogen-bond acceptors (Lipinski definition) is 4. The molecule has 4 heterocycles. The summed E-state index contributed by atoms with van der Waals surface area (Å²) in [6, 6.07) is 13.4. The number of aromatic nitrogens is 1. The summed E-state index contributed by atoms with van der Waals surface area (Å²) in [6.07, 6.45) is 3.36. The highest BCUT2D eigenvalue weighted by Crippen LogP contribution is 2.37. The maximum Gasteiger partial charge on any atom is 0.274 e. The van der Waals surface area contributed by atoms with E-state index in [1.807, 2.05) is 28.8 Å².